The van der Waals surface area contributed by atoms with E-state index in [-0.39, 0.29) is 11.6 Å². The van der Waals surface area contributed by atoms with E-state index in [0.717, 1.165) is 11.3 Å². The second kappa shape index (κ2) is 6.41. The number of carbonyl (C=O) groups is 1. The third-order valence-electron chi connectivity index (χ3n) is 4.37. The van der Waals surface area contributed by atoms with Crippen LogP contribution in [0, 0.1) is 10.1 Å². The molecule has 0 heterocycles. The minimum Gasteiger partial charge on any atom is -0.326 e. The molecule has 0 saturated heterocycles. The molecule has 6 nitrogen and oxygen atoms in total. The Labute approximate surface area is 140 Å². The van der Waals surface area contributed by atoms with Crippen molar-refractivity contribution >= 4 is 17.3 Å². The quantitative estimate of drug-likeness (QED) is 0.675. The van der Waals surface area contributed by atoms with E-state index in [1.54, 1.807) is 11.9 Å². The van der Waals surface area contributed by atoms with Crippen LogP contribution in [0.4, 0.5) is 11.4 Å². The molecule has 2 N–H and O–H groups in total. The van der Waals surface area contributed by atoms with Crippen molar-refractivity contribution in [3.8, 4) is 0 Å². The van der Waals surface area contributed by atoms with Gasteiger partial charge in [-0.25, -0.2) is 0 Å². The van der Waals surface area contributed by atoms with Crippen molar-refractivity contribution in [3.63, 3.8) is 0 Å². The fraction of sp³-hybridized carbons (Fsp3) is 0.278. The average Bonchev–Trinajstić information content (AvgIpc) is 3.45. The first kappa shape index (κ1) is 16.1. The molecule has 1 aliphatic carbocycles. The molecule has 0 atom stereocenters. The summed E-state index contributed by atoms with van der Waals surface area (Å²) in [7, 11) is 1.70. The molecule has 0 unspecified atom stereocenters. The van der Waals surface area contributed by atoms with Crippen molar-refractivity contribution in [1.29, 1.82) is 0 Å². The van der Waals surface area contributed by atoms with Crippen LogP contribution in [0.15, 0.2) is 42.5 Å². The molecule has 2 aromatic rings. The second-order valence-corrected chi connectivity index (χ2v) is 6.03. The molecule has 0 spiro atoms. The lowest BCUT2D eigenvalue weighted by Gasteiger charge is -2.21. The number of anilines is 1. The summed E-state index contributed by atoms with van der Waals surface area (Å²) in [4.78, 5) is 24.5. The summed E-state index contributed by atoms with van der Waals surface area (Å²) in [5, 5.41) is 10.7. The molecule has 0 aliphatic heterocycles. The maximum Gasteiger partial charge on any atom is 0.269 e. The molecule has 0 radical (unpaired) electrons. The van der Waals surface area contributed by atoms with Gasteiger partial charge in [-0.05, 0) is 48.1 Å². The molecule has 3 rings (SSSR count). The highest BCUT2D eigenvalue weighted by molar-refractivity contribution is 6.06. The zero-order valence-corrected chi connectivity index (χ0v) is 13.4. The fourth-order valence-electron chi connectivity index (χ4n) is 2.77. The summed E-state index contributed by atoms with van der Waals surface area (Å²) in [6.45, 7) is 0.345. The SMILES string of the molecule is CN(C(=O)c1ccc([N+](=O)[O-])cc1)c1cc(C2CC2)ccc1CN. The Morgan fingerprint density at radius 1 is 1.25 bits per heavy atom. The summed E-state index contributed by atoms with van der Waals surface area (Å²) >= 11 is 0. The molecular weight excluding hydrogens is 306 g/mol. The van der Waals surface area contributed by atoms with Gasteiger partial charge < -0.3 is 10.6 Å². The lowest BCUT2D eigenvalue weighted by molar-refractivity contribution is -0.384. The Morgan fingerprint density at radius 3 is 2.46 bits per heavy atom. The highest BCUT2D eigenvalue weighted by Gasteiger charge is 2.25. The number of benzene rings is 2. The van der Waals surface area contributed by atoms with Crippen LogP contribution in [-0.2, 0) is 6.54 Å². The van der Waals surface area contributed by atoms with Crippen molar-refractivity contribution in [1.82, 2.24) is 0 Å². The predicted molar refractivity (Wildman–Crippen MR) is 92.1 cm³/mol. The molecule has 2 aromatic carbocycles. The number of rotatable bonds is 5. The van der Waals surface area contributed by atoms with Crippen LogP contribution in [0.2, 0.25) is 0 Å². The number of hydrogen-bond acceptors (Lipinski definition) is 4. The predicted octanol–water partition coefficient (Wildman–Crippen LogP) is 3.21. The van der Waals surface area contributed by atoms with E-state index in [1.807, 2.05) is 12.1 Å². The maximum absolute atomic E-state index is 12.7. The zero-order chi connectivity index (χ0) is 17.3. The molecule has 1 saturated carbocycles. The molecule has 0 bridgehead atoms. The fourth-order valence-corrected chi connectivity index (χ4v) is 2.77. The minimum atomic E-state index is -0.483. The summed E-state index contributed by atoms with van der Waals surface area (Å²) in [5.74, 6) is 0.367. The lowest BCUT2D eigenvalue weighted by Crippen LogP contribution is -2.27. The maximum atomic E-state index is 12.7. The summed E-state index contributed by atoms with van der Waals surface area (Å²) in [5.41, 5.74) is 9.10. The van der Waals surface area contributed by atoms with Crippen LogP contribution in [0.5, 0.6) is 0 Å². The summed E-state index contributed by atoms with van der Waals surface area (Å²) in [6.07, 6.45) is 2.36. The van der Waals surface area contributed by atoms with E-state index >= 15 is 0 Å². The first-order valence-corrected chi connectivity index (χ1v) is 7.86. The Balaban J connectivity index is 1.89. The third kappa shape index (κ3) is 3.14. The number of amides is 1. The number of nitro benzene ring substituents is 1. The number of non-ortho nitro benzene ring substituents is 1. The van der Waals surface area contributed by atoms with E-state index in [0.29, 0.717) is 18.0 Å². The van der Waals surface area contributed by atoms with E-state index in [9.17, 15) is 14.9 Å². The largest absolute Gasteiger partial charge is 0.326 e. The molecule has 1 aliphatic rings. The van der Waals surface area contributed by atoms with E-state index in [4.69, 9.17) is 5.73 Å². The van der Waals surface area contributed by atoms with E-state index < -0.39 is 4.92 Å². The highest BCUT2D eigenvalue weighted by Crippen LogP contribution is 2.41. The molecule has 0 aromatic heterocycles. The van der Waals surface area contributed by atoms with E-state index in [2.05, 4.69) is 6.07 Å². The van der Waals surface area contributed by atoms with Gasteiger partial charge in [0.2, 0.25) is 0 Å². The number of carbonyl (C=O) groups excluding carboxylic acids is 1. The van der Waals surface area contributed by atoms with Crippen LogP contribution in [0.3, 0.4) is 0 Å². The lowest BCUT2D eigenvalue weighted by atomic mass is 10.0. The molecule has 6 heteroatoms. The zero-order valence-electron chi connectivity index (χ0n) is 13.4. The van der Waals surface area contributed by atoms with Gasteiger partial charge in [-0.1, -0.05) is 12.1 Å². The number of nitrogens with two attached hydrogens (primary N) is 1. The first-order valence-electron chi connectivity index (χ1n) is 7.86. The van der Waals surface area contributed by atoms with Gasteiger partial charge in [-0.15, -0.1) is 0 Å². The van der Waals surface area contributed by atoms with Crippen LogP contribution in [0.1, 0.15) is 40.2 Å². The standard InChI is InChI=1S/C18H19N3O3/c1-20(18(22)13-6-8-16(9-7-13)21(23)24)17-10-14(12-2-3-12)4-5-15(17)11-19/h4-10,12H,2-3,11,19H2,1H3. The second-order valence-electron chi connectivity index (χ2n) is 6.03. The summed E-state index contributed by atoms with van der Waals surface area (Å²) < 4.78 is 0. The topological polar surface area (TPSA) is 89.5 Å². The molecule has 24 heavy (non-hydrogen) atoms. The smallest absolute Gasteiger partial charge is 0.269 e. The molecular formula is C18H19N3O3. The van der Waals surface area contributed by atoms with Gasteiger partial charge in [-0.3, -0.25) is 14.9 Å². The van der Waals surface area contributed by atoms with Crippen molar-refractivity contribution in [3.05, 3.63) is 69.3 Å². The van der Waals surface area contributed by atoms with Gasteiger partial charge in [0.05, 0.1) is 4.92 Å². The van der Waals surface area contributed by atoms with Gasteiger partial charge >= 0.3 is 0 Å². The van der Waals surface area contributed by atoms with Gasteiger partial charge in [0.15, 0.2) is 0 Å². The van der Waals surface area contributed by atoms with Crippen LogP contribution >= 0.6 is 0 Å². The summed E-state index contributed by atoms with van der Waals surface area (Å²) in [6, 6.07) is 11.7. The van der Waals surface area contributed by atoms with Crippen LogP contribution in [-0.4, -0.2) is 17.9 Å². The molecule has 124 valence electrons. The Hall–Kier alpha value is -2.73. The third-order valence-corrected chi connectivity index (χ3v) is 4.37. The Morgan fingerprint density at radius 2 is 1.92 bits per heavy atom. The van der Waals surface area contributed by atoms with Gasteiger partial charge in [0.1, 0.15) is 0 Å². The highest BCUT2D eigenvalue weighted by atomic mass is 16.6. The Bertz CT molecular complexity index is 783. The average molecular weight is 325 g/mol. The van der Waals surface area contributed by atoms with Gasteiger partial charge in [0.25, 0.3) is 11.6 Å². The number of hydrogen-bond donors (Lipinski definition) is 1. The first-order chi connectivity index (χ1) is 11.5. The van der Waals surface area contributed by atoms with Gasteiger partial charge in [0, 0.05) is 37.0 Å². The van der Waals surface area contributed by atoms with Crippen LogP contribution in [0.25, 0.3) is 0 Å². The molecule has 1 fully saturated rings. The van der Waals surface area contributed by atoms with Crippen molar-refractivity contribution in [2.45, 2.75) is 25.3 Å². The van der Waals surface area contributed by atoms with Crippen molar-refractivity contribution < 1.29 is 9.72 Å². The monoisotopic (exact) mass is 325 g/mol. The minimum absolute atomic E-state index is 0.0346. The number of nitro groups is 1. The van der Waals surface area contributed by atoms with E-state index in [1.165, 1.54) is 42.7 Å². The van der Waals surface area contributed by atoms with Crippen molar-refractivity contribution in [2.24, 2.45) is 5.73 Å². The number of nitrogens with zero attached hydrogens (tertiary/aromatic N) is 2. The van der Waals surface area contributed by atoms with Gasteiger partial charge in [-0.2, -0.15) is 0 Å². The van der Waals surface area contributed by atoms with Crippen molar-refractivity contribution in [2.75, 3.05) is 11.9 Å². The molecule has 1 amide bonds. The normalized spacial score (nSPS) is 13.6. The Kier molecular flexibility index (Phi) is 4.31. The van der Waals surface area contributed by atoms with Crippen LogP contribution < -0.4 is 10.6 Å².